The fourth-order valence-electron chi connectivity index (χ4n) is 3.33. The summed E-state index contributed by atoms with van der Waals surface area (Å²) in [5, 5.41) is 3.09. The van der Waals surface area contributed by atoms with Crippen LogP contribution in [0.25, 0.3) is 0 Å². The lowest BCUT2D eigenvalue weighted by Gasteiger charge is -2.37. The summed E-state index contributed by atoms with van der Waals surface area (Å²) in [5.41, 5.74) is 5.85. The third-order valence-corrected chi connectivity index (χ3v) is 4.29. The van der Waals surface area contributed by atoms with Crippen molar-refractivity contribution < 1.29 is 4.79 Å². The van der Waals surface area contributed by atoms with Gasteiger partial charge in [-0.05, 0) is 31.2 Å². The van der Waals surface area contributed by atoms with Crippen LogP contribution < -0.4 is 11.1 Å². The van der Waals surface area contributed by atoms with Gasteiger partial charge in [-0.2, -0.15) is 0 Å². The summed E-state index contributed by atoms with van der Waals surface area (Å²) in [6.07, 6.45) is 5.87. The zero-order valence-corrected chi connectivity index (χ0v) is 11.7. The molecule has 0 aromatic rings. The molecule has 0 aromatic heterocycles. The monoisotopic (exact) mass is 253 g/mol. The van der Waals surface area contributed by atoms with Gasteiger partial charge in [-0.25, -0.2) is 0 Å². The zero-order chi connectivity index (χ0) is 13.2. The molecule has 18 heavy (non-hydrogen) atoms. The Hall–Kier alpha value is -0.610. The fraction of sp³-hybridized carbons (Fsp3) is 0.929. The quantitative estimate of drug-likeness (QED) is 0.792. The number of hydrogen-bond donors (Lipinski definition) is 2. The number of carbonyl (C=O) groups is 1. The lowest BCUT2D eigenvalue weighted by Crippen LogP contribution is -2.50. The SMILES string of the molecule is CC1(C)CNC(=O)C(CCN)N(C2CCCC2)C1. The molecule has 1 atom stereocenters. The molecule has 1 unspecified atom stereocenters. The maximum atomic E-state index is 12.3. The van der Waals surface area contributed by atoms with E-state index in [1.807, 2.05) is 0 Å². The second-order valence-electron chi connectivity index (χ2n) is 6.59. The van der Waals surface area contributed by atoms with Crippen LogP contribution in [-0.2, 0) is 4.79 Å². The molecule has 1 aliphatic heterocycles. The highest BCUT2D eigenvalue weighted by Crippen LogP contribution is 2.30. The van der Waals surface area contributed by atoms with Crippen molar-refractivity contribution in [1.29, 1.82) is 0 Å². The summed E-state index contributed by atoms with van der Waals surface area (Å²) in [6, 6.07) is 0.574. The van der Waals surface area contributed by atoms with Crippen LogP contribution in [0.2, 0.25) is 0 Å². The Kier molecular flexibility index (Phi) is 4.28. The lowest BCUT2D eigenvalue weighted by atomic mass is 9.92. The van der Waals surface area contributed by atoms with Crippen LogP contribution in [-0.4, -0.2) is 42.5 Å². The van der Waals surface area contributed by atoms with E-state index in [0.717, 1.165) is 19.5 Å². The number of nitrogens with zero attached hydrogens (tertiary/aromatic N) is 1. The van der Waals surface area contributed by atoms with Crippen molar-refractivity contribution in [2.24, 2.45) is 11.1 Å². The molecule has 0 radical (unpaired) electrons. The van der Waals surface area contributed by atoms with Gasteiger partial charge in [0.2, 0.25) is 5.91 Å². The predicted octanol–water partition coefficient (Wildman–Crippen LogP) is 1.10. The molecule has 1 aliphatic carbocycles. The smallest absolute Gasteiger partial charge is 0.237 e. The molecule has 4 nitrogen and oxygen atoms in total. The summed E-state index contributed by atoms with van der Waals surface area (Å²) in [7, 11) is 0. The van der Waals surface area contributed by atoms with Gasteiger partial charge >= 0.3 is 0 Å². The standard InChI is InChI=1S/C14H27N3O/c1-14(2)9-16-13(18)12(7-8-15)17(10-14)11-5-3-4-6-11/h11-12H,3-10,15H2,1-2H3,(H,16,18). The maximum Gasteiger partial charge on any atom is 0.237 e. The second-order valence-corrected chi connectivity index (χ2v) is 6.59. The molecule has 2 rings (SSSR count). The molecular weight excluding hydrogens is 226 g/mol. The number of rotatable bonds is 3. The average Bonchev–Trinajstić information content (AvgIpc) is 2.81. The van der Waals surface area contributed by atoms with Crippen LogP contribution in [0.3, 0.4) is 0 Å². The van der Waals surface area contributed by atoms with Crippen LogP contribution in [0, 0.1) is 5.41 Å². The molecule has 1 saturated heterocycles. The van der Waals surface area contributed by atoms with E-state index in [2.05, 4.69) is 24.1 Å². The Labute approximate surface area is 110 Å². The van der Waals surface area contributed by atoms with E-state index < -0.39 is 0 Å². The maximum absolute atomic E-state index is 12.3. The minimum atomic E-state index is -0.0140. The number of amides is 1. The van der Waals surface area contributed by atoms with Crippen LogP contribution in [0.4, 0.5) is 0 Å². The van der Waals surface area contributed by atoms with Gasteiger partial charge in [0.25, 0.3) is 0 Å². The molecule has 1 amide bonds. The molecule has 1 heterocycles. The van der Waals surface area contributed by atoms with Gasteiger partial charge in [0.1, 0.15) is 0 Å². The van der Waals surface area contributed by atoms with Crippen LogP contribution >= 0.6 is 0 Å². The predicted molar refractivity (Wildman–Crippen MR) is 73.2 cm³/mol. The molecule has 1 saturated carbocycles. The van der Waals surface area contributed by atoms with Gasteiger partial charge in [-0.15, -0.1) is 0 Å². The third kappa shape index (κ3) is 3.04. The van der Waals surface area contributed by atoms with E-state index in [-0.39, 0.29) is 17.4 Å². The zero-order valence-electron chi connectivity index (χ0n) is 11.7. The highest BCUT2D eigenvalue weighted by molar-refractivity contribution is 5.82. The summed E-state index contributed by atoms with van der Waals surface area (Å²) in [4.78, 5) is 14.7. The Balaban J connectivity index is 2.18. The van der Waals surface area contributed by atoms with Crippen molar-refractivity contribution >= 4 is 5.91 Å². The first-order valence-electron chi connectivity index (χ1n) is 7.27. The largest absolute Gasteiger partial charge is 0.354 e. The van der Waals surface area contributed by atoms with E-state index in [4.69, 9.17) is 5.73 Å². The van der Waals surface area contributed by atoms with Gasteiger partial charge in [0, 0.05) is 19.1 Å². The number of carbonyl (C=O) groups excluding carboxylic acids is 1. The molecule has 104 valence electrons. The Bertz CT molecular complexity index is 297. The van der Waals surface area contributed by atoms with Gasteiger partial charge in [0.05, 0.1) is 6.04 Å². The average molecular weight is 253 g/mol. The number of nitrogens with one attached hydrogen (secondary N) is 1. The van der Waals surface area contributed by atoms with E-state index in [1.54, 1.807) is 0 Å². The molecule has 3 N–H and O–H groups in total. The first-order valence-corrected chi connectivity index (χ1v) is 7.27. The lowest BCUT2D eigenvalue weighted by molar-refractivity contribution is -0.126. The van der Waals surface area contributed by atoms with E-state index in [0.29, 0.717) is 12.6 Å². The molecular formula is C14H27N3O. The Morgan fingerprint density at radius 2 is 2.06 bits per heavy atom. The van der Waals surface area contributed by atoms with Crippen LogP contribution in [0.15, 0.2) is 0 Å². The number of nitrogens with two attached hydrogens (primary N) is 1. The van der Waals surface area contributed by atoms with Gasteiger partial charge < -0.3 is 11.1 Å². The molecule has 2 fully saturated rings. The van der Waals surface area contributed by atoms with Crippen molar-refractivity contribution in [2.75, 3.05) is 19.6 Å². The first-order chi connectivity index (χ1) is 8.53. The van der Waals surface area contributed by atoms with Gasteiger partial charge in [-0.3, -0.25) is 9.69 Å². The summed E-state index contributed by atoms with van der Waals surface area (Å²) >= 11 is 0. The van der Waals surface area contributed by atoms with Crippen molar-refractivity contribution in [2.45, 2.75) is 58.0 Å². The van der Waals surface area contributed by atoms with Crippen molar-refractivity contribution in [3.63, 3.8) is 0 Å². The van der Waals surface area contributed by atoms with Crippen molar-refractivity contribution in [3.8, 4) is 0 Å². The van der Waals surface area contributed by atoms with Crippen LogP contribution in [0.1, 0.15) is 46.0 Å². The van der Waals surface area contributed by atoms with Gasteiger partial charge in [-0.1, -0.05) is 26.7 Å². The highest BCUT2D eigenvalue weighted by atomic mass is 16.2. The van der Waals surface area contributed by atoms with Crippen LogP contribution in [0.5, 0.6) is 0 Å². The minimum Gasteiger partial charge on any atom is -0.354 e. The topological polar surface area (TPSA) is 58.4 Å². The van der Waals surface area contributed by atoms with Gasteiger partial charge in [0.15, 0.2) is 0 Å². The minimum absolute atomic E-state index is 0.0140. The third-order valence-electron chi connectivity index (χ3n) is 4.29. The highest BCUT2D eigenvalue weighted by Gasteiger charge is 2.38. The van der Waals surface area contributed by atoms with E-state index in [1.165, 1.54) is 25.7 Å². The fourth-order valence-corrected chi connectivity index (χ4v) is 3.33. The molecule has 2 aliphatic rings. The van der Waals surface area contributed by atoms with E-state index in [9.17, 15) is 4.79 Å². The summed E-state index contributed by atoms with van der Waals surface area (Å²) < 4.78 is 0. The Morgan fingerprint density at radius 1 is 1.39 bits per heavy atom. The second kappa shape index (κ2) is 5.57. The normalized spacial score (nSPS) is 30.2. The van der Waals surface area contributed by atoms with E-state index >= 15 is 0 Å². The molecule has 0 bridgehead atoms. The first kappa shape index (κ1) is 13.8. The molecule has 4 heteroatoms. The summed E-state index contributed by atoms with van der Waals surface area (Å²) in [6.45, 7) is 6.83. The number of hydrogen-bond acceptors (Lipinski definition) is 3. The Morgan fingerprint density at radius 3 is 2.67 bits per heavy atom. The summed E-state index contributed by atoms with van der Waals surface area (Å²) in [5.74, 6) is 0.179. The molecule has 0 aromatic carbocycles. The van der Waals surface area contributed by atoms with Crippen molar-refractivity contribution in [1.82, 2.24) is 10.2 Å². The van der Waals surface area contributed by atoms with Crippen molar-refractivity contribution in [3.05, 3.63) is 0 Å². The molecule has 0 spiro atoms.